The highest BCUT2D eigenvalue weighted by Gasteiger charge is 2.24. The number of aliphatic hydroxyl groups is 1. The number of hydrogen-bond donors (Lipinski definition) is 2. The molecule has 0 bridgehead atoms. The molecule has 4 rings (SSSR count). The van der Waals surface area contributed by atoms with Gasteiger partial charge in [0, 0.05) is 30.1 Å². The third kappa shape index (κ3) is 5.03. The van der Waals surface area contributed by atoms with Crippen molar-refractivity contribution in [2.45, 2.75) is 26.0 Å². The van der Waals surface area contributed by atoms with Gasteiger partial charge in [-0.25, -0.2) is 9.37 Å². The fraction of sp³-hybridized carbons (Fsp3) is 0.292. The number of rotatable bonds is 9. The van der Waals surface area contributed by atoms with Crippen LogP contribution in [0.4, 0.5) is 4.39 Å². The number of methoxy groups -OCH3 is 1. The van der Waals surface area contributed by atoms with Crippen molar-refractivity contribution in [1.29, 1.82) is 0 Å². The molecule has 7 nitrogen and oxygen atoms in total. The summed E-state index contributed by atoms with van der Waals surface area (Å²) in [5.41, 5.74) is 2.61. The van der Waals surface area contributed by atoms with Crippen molar-refractivity contribution in [2.24, 2.45) is 5.92 Å². The summed E-state index contributed by atoms with van der Waals surface area (Å²) in [5.74, 6) is -0.0271. The molecule has 2 N–H and O–H groups in total. The molecule has 1 aliphatic rings. The minimum atomic E-state index is -0.497. The maximum Gasteiger partial charge on any atom is 0.257 e. The topological polar surface area (TPSA) is 93.6 Å². The molecule has 0 unspecified atom stereocenters. The fourth-order valence-corrected chi connectivity index (χ4v) is 3.26. The first-order valence-electron chi connectivity index (χ1n) is 10.4. The fourth-order valence-electron chi connectivity index (χ4n) is 3.26. The van der Waals surface area contributed by atoms with Crippen molar-refractivity contribution >= 4 is 5.91 Å². The van der Waals surface area contributed by atoms with Crippen LogP contribution in [0.1, 0.15) is 34.3 Å². The first-order chi connectivity index (χ1) is 15.6. The van der Waals surface area contributed by atoms with E-state index >= 15 is 0 Å². The van der Waals surface area contributed by atoms with Crippen molar-refractivity contribution in [3.05, 3.63) is 71.3 Å². The van der Waals surface area contributed by atoms with Crippen LogP contribution < -0.4 is 14.8 Å². The number of carbonyl (C=O) groups excluding carboxylic acids is 1. The van der Waals surface area contributed by atoms with E-state index in [2.05, 4.69) is 15.3 Å². The molecule has 2 aromatic heterocycles. The standard InChI is InChI=1S/C24H24FN3O4/c1-31-21-7-6-16(9-20(21)25)11-27-23(30)19-10-18(22-17(13-29)3-2-8-26-22)12-28-24(19)32-14-15-4-5-15/h2-3,6-10,12,15,29H,4-5,11,13-14H2,1H3,(H,27,30). The molecule has 3 aromatic rings. The van der Waals surface area contributed by atoms with E-state index in [0.717, 1.165) is 12.8 Å². The second-order valence-corrected chi connectivity index (χ2v) is 7.65. The monoisotopic (exact) mass is 437 g/mol. The number of amides is 1. The van der Waals surface area contributed by atoms with Crippen LogP contribution in [0.25, 0.3) is 11.3 Å². The zero-order valence-corrected chi connectivity index (χ0v) is 17.7. The molecule has 0 saturated heterocycles. The summed E-state index contributed by atoms with van der Waals surface area (Å²) in [5, 5.41) is 12.4. The molecule has 1 aromatic carbocycles. The van der Waals surface area contributed by atoms with Crippen LogP contribution in [0.5, 0.6) is 11.6 Å². The van der Waals surface area contributed by atoms with Crippen molar-refractivity contribution in [3.8, 4) is 22.9 Å². The number of nitrogens with zero attached hydrogens (tertiary/aromatic N) is 2. The number of aliphatic hydroxyl groups excluding tert-OH is 1. The summed E-state index contributed by atoms with van der Waals surface area (Å²) in [6, 6.07) is 9.67. The van der Waals surface area contributed by atoms with E-state index in [9.17, 15) is 14.3 Å². The number of pyridine rings is 2. The number of nitrogens with one attached hydrogen (secondary N) is 1. The highest BCUT2D eigenvalue weighted by molar-refractivity contribution is 5.97. The molecule has 1 aliphatic carbocycles. The number of carbonyl (C=O) groups is 1. The molecule has 0 spiro atoms. The Kier molecular flexibility index (Phi) is 6.61. The number of halogens is 1. The Morgan fingerprint density at radius 3 is 2.81 bits per heavy atom. The molecule has 1 fully saturated rings. The Morgan fingerprint density at radius 1 is 1.25 bits per heavy atom. The molecule has 0 atom stereocenters. The van der Waals surface area contributed by atoms with Gasteiger partial charge in [-0.2, -0.15) is 0 Å². The summed E-state index contributed by atoms with van der Waals surface area (Å²) >= 11 is 0. The first-order valence-corrected chi connectivity index (χ1v) is 10.4. The van der Waals surface area contributed by atoms with Gasteiger partial charge in [-0.3, -0.25) is 9.78 Å². The Hall–Kier alpha value is -3.52. The highest BCUT2D eigenvalue weighted by Crippen LogP contribution is 2.31. The van der Waals surface area contributed by atoms with Crippen molar-refractivity contribution < 1.29 is 23.8 Å². The molecule has 166 valence electrons. The van der Waals surface area contributed by atoms with Gasteiger partial charge in [-0.15, -0.1) is 0 Å². The average molecular weight is 437 g/mol. The Balaban J connectivity index is 1.58. The summed E-state index contributed by atoms with van der Waals surface area (Å²) in [7, 11) is 1.40. The van der Waals surface area contributed by atoms with E-state index in [0.29, 0.717) is 34.9 Å². The minimum absolute atomic E-state index is 0.123. The van der Waals surface area contributed by atoms with Gasteiger partial charge in [0.15, 0.2) is 11.6 Å². The quantitative estimate of drug-likeness (QED) is 0.532. The van der Waals surface area contributed by atoms with Crippen LogP contribution in [0.15, 0.2) is 48.8 Å². The zero-order valence-electron chi connectivity index (χ0n) is 17.7. The van der Waals surface area contributed by atoms with Crippen molar-refractivity contribution in [2.75, 3.05) is 13.7 Å². The lowest BCUT2D eigenvalue weighted by molar-refractivity contribution is 0.0945. The van der Waals surface area contributed by atoms with Gasteiger partial charge in [-0.1, -0.05) is 12.1 Å². The van der Waals surface area contributed by atoms with Crippen LogP contribution in [-0.2, 0) is 13.2 Å². The van der Waals surface area contributed by atoms with Crippen LogP contribution >= 0.6 is 0 Å². The third-order valence-electron chi connectivity index (χ3n) is 5.25. The van der Waals surface area contributed by atoms with Crippen molar-refractivity contribution in [3.63, 3.8) is 0 Å². The molecule has 1 amide bonds. The second kappa shape index (κ2) is 9.74. The predicted octanol–water partition coefficient (Wildman–Crippen LogP) is 3.50. The van der Waals surface area contributed by atoms with Crippen LogP contribution in [-0.4, -0.2) is 34.7 Å². The van der Waals surface area contributed by atoms with E-state index in [1.807, 2.05) is 0 Å². The number of hydrogen-bond acceptors (Lipinski definition) is 6. The van der Waals surface area contributed by atoms with Crippen LogP contribution in [0, 0.1) is 11.7 Å². The average Bonchev–Trinajstić information content (AvgIpc) is 3.66. The number of aromatic nitrogens is 2. The van der Waals surface area contributed by atoms with Gasteiger partial charge in [0.1, 0.15) is 5.56 Å². The molecule has 0 aliphatic heterocycles. The third-order valence-corrected chi connectivity index (χ3v) is 5.25. The summed E-state index contributed by atoms with van der Waals surface area (Å²) in [6.07, 6.45) is 5.41. The zero-order chi connectivity index (χ0) is 22.5. The highest BCUT2D eigenvalue weighted by atomic mass is 19.1. The second-order valence-electron chi connectivity index (χ2n) is 7.65. The summed E-state index contributed by atoms with van der Waals surface area (Å²) in [6.45, 7) is 0.437. The van der Waals surface area contributed by atoms with Gasteiger partial charge in [0.05, 0.1) is 26.0 Å². The van der Waals surface area contributed by atoms with Crippen LogP contribution in [0.3, 0.4) is 0 Å². The largest absolute Gasteiger partial charge is 0.494 e. The van der Waals surface area contributed by atoms with Gasteiger partial charge in [-0.05, 0) is 48.6 Å². The van der Waals surface area contributed by atoms with Gasteiger partial charge in [0.25, 0.3) is 5.91 Å². The SMILES string of the molecule is COc1ccc(CNC(=O)c2cc(-c3ncccc3CO)cnc2OCC2CC2)cc1F. The Labute approximate surface area is 185 Å². The maximum atomic E-state index is 14.0. The van der Waals surface area contributed by atoms with E-state index in [-0.39, 0.29) is 30.3 Å². The molecular weight excluding hydrogens is 413 g/mol. The summed E-state index contributed by atoms with van der Waals surface area (Å²) < 4.78 is 24.7. The lowest BCUT2D eigenvalue weighted by Gasteiger charge is -2.13. The van der Waals surface area contributed by atoms with Gasteiger partial charge in [0.2, 0.25) is 5.88 Å². The minimum Gasteiger partial charge on any atom is -0.494 e. The normalized spacial score (nSPS) is 13.0. The molecule has 32 heavy (non-hydrogen) atoms. The molecule has 8 heteroatoms. The van der Waals surface area contributed by atoms with Gasteiger partial charge >= 0.3 is 0 Å². The Morgan fingerprint density at radius 2 is 2.09 bits per heavy atom. The molecule has 0 radical (unpaired) electrons. The summed E-state index contributed by atoms with van der Waals surface area (Å²) in [4.78, 5) is 21.7. The van der Waals surface area contributed by atoms with E-state index in [4.69, 9.17) is 9.47 Å². The maximum absolute atomic E-state index is 14.0. The molecule has 1 saturated carbocycles. The molecular formula is C24H24FN3O4. The predicted molar refractivity (Wildman–Crippen MR) is 116 cm³/mol. The first kappa shape index (κ1) is 21.7. The lowest BCUT2D eigenvalue weighted by atomic mass is 10.1. The van der Waals surface area contributed by atoms with Crippen LogP contribution in [0.2, 0.25) is 0 Å². The number of ether oxygens (including phenoxy) is 2. The smallest absolute Gasteiger partial charge is 0.257 e. The van der Waals surface area contributed by atoms with Crippen molar-refractivity contribution in [1.82, 2.24) is 15.3 Å². The lowest BCUT2D eigenvalue weighted by Crippen LogP contribution is -2.24. The Bertz CT molecular complexity index is 1120. The van der Waals surface area contributed by atoms with Gasteiger partial charge < -0.3 is 19.9 Å². The van der Waals surface area contributed by atoms with E-state index in [1.165, 1.54) is 19.2 Å². The van der Waals surface area contributed by atoms with E-state index in [1.54, 1.807) is 36.7 Å². The number of benzene rings is 1. The van der Waals surface area contributed by atoms with E-state index < -0.39 is 11.7 Å². The molecule has 2 heterocycles.